The summed E-state index contributed by atoms with van der Waals surface area (Å²) < 4.78 is 31.2. The van der Waals surface area contributed by atoms with Gasteiger partial charge in [0.25, 0.3) is 0 Å². The van der Waals surface area contributed by atoms with Gasteiger partial charge in [-0.2, -0.15) is 0 Å². The highest BCUT2D eigenvalue weighted by atomic mass is 32.2. The Bertz CT molecular complexity index is 869. The van der Waals surface area contributed by atoms with Crippen LogP contribution in [0.5, 0.6) is 5.75 Å². The molecule has 0 aliphatic carbocycles. The second-order valence-electron chi connectivity index (χ2n) is 6.51. The van der Waals surface area contributed by atoms with Gasteiger partial charge in [-0.1, -0.05) is 36.4 Å². The van der Waals surface area contributed by atoms with Crippen molar-refractivity contribution in [3.05, 3.63) is 60.2 Å². The van der Waals surface area contributed by atoms with Crippen LogP contribution in [0.3, 0.4) is 0 Å². The molecule has 0 heterocycles. The van der Waals surface area contributed by atoms with Gasteiger partial charge < -0.3 is 10.1 Å². The Hall–Kier alpha value is -2.54. The van der Waals surface area contributed by atoms with Crippen LogP contribution in [-0.2, 0) is 21.2 Å². The van der Waals surface area contributed by atoms with E-state index in [-0.39, 0.29) is 5.91 Å². The fourth-order valence-electron chi connectivity index (χ4n) is 3.03. The van der Waals surface area contributed by atoms with Crippen molar-refractivity contribution in [3.63, 3.8) is 0 Å². The second kappa shape index (κ2) is 10.1. The molecule has 0 bridgehead atoms. The first-order valence-corrected chi connectivity index (χ1v) is 11.2. The topological polar surface area (TPSA) is 75.7 Å². The third-order valence-corrected chi connectivity index (χ3v) is 5.54. The summed E-state index contributed by atoms with van der Waals surface area (Å²) in [7, 11) is -3.59. The SMILES string of the molecule is CCOc1ccccc1CCCNC(=O)[C@H](C)N(c1ccccc1)S(C)(=O)=O. The van der Waals surface area contributed by atoms with E-state index >= 15 is 0 Å². The van der Waals surface area contributed by atoms with Crippen molar-refractivity contribution in [1.29, 1.82) is 0 Å². The Morgan fingerprint density at radius 2 is 1.75 bits per heavy atom. The van der Waals surface area contributed by atoms with Crippen LogP contribution in [-0.4, -0.2) is 39.8 Å². The van der Waals surface area contributed by atoms with Gasteiger partial charge in [0.15, 0.2) is 0 Å². The molecule has 0 aliphatic heterocycles. The number of amides is 1. The number of carbonyl (C=O) groups is 1. The standard InChI is InChI=1S/C21H28N2O4S/c1-4-27-20-15-9-8-11-18(20)12-10-16-22-21(24)17(2)23(28(3,25)26)19-13-6-5-7-14-19/h5-9,11,13-15,17H,4,10,12,16H2,1-3H3,(H,22,24)/t17-/m0/s1. The Kier molecular flexibility index (Phi) is 7.87. The number of hydrogen-bond donors (Lipinski definition) is 1. The molecule has 0 saturated carbocycles. The average Bonchev–Trinajstić information content (AvgIpc) is 2.66. The van der Waals surface area contributed by atoms with E-state index in [1.165, 1.54) is 0 Å². The van der Waals surface area contributed by atoms with Crippen LogP contribution < -0.4 is 14.4 Å². The largest absolute Gasteiger partial charge is 0.494 e. The molecule has 28 heavy (non-hydrogen) atoms. The Labute approximate surface area is 167 Å². The van der Waals surface area contributed by atoms with Crippen LogP contribution in [0.4, 0.5) is 5.69 Å². The van der Waals surface area contributed by atoms with E-state index in [0.717, 1.165) is 34.7 Å². The molecule has 1 amide bonds. The van der Waals surface area contributed by atoms with Crippen molar-refractivity contribution in [2.75, 3.05) is 23.7 Å². The molecule has 6 nitrogen and oxygen atoms in total. The molecule has 0 aromatic heterocycles. The summed E-state index contributed by atoms with van der Waals surface area (Å²) in [6.07, 6.45) is 2.60. The summed E-state index contributed by atoms with van der Waals surface area (Å²) in [5.41, 5.74) is 1.56. The van der Waals surface area contributed by atoms with Crippen molar-refractivity contribution >= 4 is 21.6 Å². The van der Waals surface area contributed by atoms with Crippen molar-refractivity contribution in [2.45, 2.75) is 32.7 Å². The van der Waals surface area contributed by atoms with E-state index in [4.69, 9.17) is 4.74 Å². The Balaban J connectivity index is 1.95. The van der Waals surface area contributed by atoms with Crippen molar-refractivity contribution in [1.82, 2.24) is 5.32 Å². The van der Waals surface area contributed by atoms with Crippen LogP contribution in [0.1, 0.15) is 25.8 Å². The van der Waals surface area contributed by atoms with E-state index in [1.54, 1.807) is 37.3 Å². The summed E-state index contributed by atoms with van der Waals surface area (Å²) in [4.78, 5) is 12.5. The molecule has 0 aliphatic rings. The zero-order chi connectivity index (χ0) is 20.6. The van der Waals surface area contributed by atoms with Crippen molar-refractivity contribution in [3.8, 4) is 5.75 Å². The van der Waals surface area contributed by atoms with Gasteiger partial charge in [0, 0.05) is 6.54 Å². The van der Waals surface area contributed by atoms with Crippen LogP contribution in [0.15, 0.2) is 54.6 Å². The molecule has 7 heteroatoms. The van der Waals surface area contributed by atoms with Gasteiger partial charge in [0.1, 0.15) is 11.8 Å². The maximum Gasteiger partial charge on any atom is 0.243 e. The molecule has 2 rings (SSSR count). The van der Waals surface area contributed by atoms with E-state index in [9.17, 15) is 13.2 Å². The van der Waals surface area contributed by atoms with Gasteiger partial charge >= 0.3 is 0 Å². The highest BCUT2D eigenvalue weighted by Gasteiger charge is 2.28. The Morgan fingerprint density at radius 1 is 1.11 bits per heavy atom. The zero-order valence-electron chi connectivity index (χ0n) is 16.6. The number of aryl methyl sites for hydroxylation is 1. The predicted molar refractivity (Wildman–Crippen MR) is 112 cm³/mol. The maximum atomic E-state index is 12.5. The molecule has 0 saturated heterocycles. The third kappa shape index (κ3) is 5.99. The summed E-state index contributed by atoms with van der Waals surface area (Å²) in [6.45, 7) is 4.59. The normalized spacial score (nSPS) is 12.2. The molecule has 152 valence electrons. The lowest BCUT2D eigenvalue weighted by atomic mass is 10.1. The smallest absolute Gasteiger partial charge is 0.243 e. The molecule has 0 fully saturated rings. The predicted octanol–water partition coefficient (Wildman–Crippen LogP) is 2.99. The van der Waals surface area contributed by atoms with E-state index in [2.05, 4.69) is 5.32 Å². The number of nitrogens with zero attached hydrogens (tertiary/aromatic N) is 1. The molecule has 0 spiro atoms. The van der Waals surface area contributed by atoms with Crippen molar-refractivity contribution in [2.24, 2.45) is 0 Å². The number of benzene rings is 2. The summed E-state index contributed by atoms with van der Waals surface area (Å²) in [5.74, 6) is 0.532. The lowest BCUT2D eigenvalue weighted by Gasteiger charge is -2.28. The lowest BCUT2D eigenvalue weighted by Crippen LogP contribution is -2.48. The van der Waals surface area contributed by atoms with Crippen molar-refractivity contribution < 1.29 is 17.9 Å². The molecular formula is C21H28N2O4S. The summed E-state index contributed by atoms with van der Waals surface area (Å²) in [6, 6.07) is 15.6. The minimum atomic E-state index is -3.59. The van der Waals surface area contributed by atoms with Gasteiger partial charge in [-0.3, -0.25) is 9.10 Å². The first kappa shape index (κ1) is 21.8. The number of hydrogen-bond acceptors (Lipinski definition) is 4. The van der Waals surface area contributed by atoms with Gasteiger partial charge in [-0.25, -0.2) is 8.42 Å². The molecular weight excluding hydrogens is 376 g/mol. The number of sulfonamides is 1. The number of rotatable bonds is 10. The molecule has 0 unspecified atom stereocenters. The van der Waals surface area contributed by atoms with Crippen LogP contribution >= 0.6 is 0 Å². The molecule has 1 N–H and O–H groups in total. The first-order chi connectivity index (χ1) is 13.3. The highest BCUT2D eigenvalue weighted by Crippen LogP contribution is 2.21. The number of anilines is 1. The molecule has 2 aromatic rings. The molecule has 1 atom stereocenters. The lowest BCUT2D eigenvalue weighted by molar-refractivity contribution is -0.121. The van der Waals surface area contributed by atoms with Crippen LogP contribution in [0.25, 0.3) is 0 Å². The first-order valence-electron chi connectivity index (χ1n) is 9.37. The monoisotopic (exact) mass is 404 g/mol. The van der Waals surface area contributed by atoms with Gasteiger partial charge in [-0.15, -0.1) is 0 Å². The highest BCUT2D eigenvalue weighted by molar-refractivity contribution is 7.92. The van der Waals surface area contributed by atoms with Crippen LogP contribution in [0, 0.1) is 0 Å². The number of nitrogens with one attached hydrogen (secondary N) is 1. The van der Waals surface area contributed by atoms with Gasteiger partial charge in [-0.05, 0) is 50.5 Å². The van der Waals surface area contributed by atoms with E-state index < -0.39 is 16.1 Å². The summed E-state index contributed by atoms with van der Waals surface area (Å²) in [5, 5.41) is 2.84. The number of ether oxygens (including phenoxy) is 1. The van der Waals surface area contributed by atoms with E-state index in [1.807, 2.05) is 31.2 Å². The average molecular weight is 405 g/mol. The third-order valence-electron chi connectivity index (χ3n) is 4.29. The van der Waals surface area contributed by atoms with Crippen LogP contribution in [0.2, 0.25) is 0 Å². The fraction of sp³-hybridized carbons (Fsp3) is 0.381. The number of carbonyl (C=O) groups excluding carboxylic acids is 1. The quantitative estimate of drug-likeness (QED) is 0.618. The zero-order valence-corrected chi connectivity index (χ0v) is 17.4. The van der Waals surface area contributed by atoms with Gasteiger partial charge in [0.05, 0.1) is 18.6 Å². The minimum Gasteiger partial charge on any atom is -0.494 e. The minimum absolute atomic E-state index is 0.327. The van der Waals surface area contributed by atoms with Gasteiger partial charge in [0.2, 0.25) is 15.9 Å². The summed E-state index contributed by atoms with van der Waals surface area (Å²) >= 11 is 0. The molecule has 0 radical (unpaired) electrons. The number of para-hydroxylation sites is 2. The fourth-order valence-corrected chi connectivity index (χ4v) is 4.20. The Morgan fingerprint density at radius 3 is 2.39 bits per heavy atom. The maximum absolute atomic E-state index is 12.5. The second-order valence-corrected chi connectivity index (χ2v) is 8.37. The molecule has 2 aromatic carbocycles. The van der Waals surface area contributed by atoms with E-state index in [0.29, 0.717) is 18.8 Å².